The van der Waals surface area contributed by atoms with E-state index in [2.05, 4.69) is 44.9 Å². The van der Waals surface area contributed by atoms with Gasteiger partial charge in [0.05, 0.1) is 8.07 Å². The Kier molecular flexibility index (Phi) is 10.8. The molecule has 0 aliphatic heterocycles. The smallest absolute Gasteiger partial charge is 0.0720 e. The van der Waals surface area contributed by atoms with Crippen molar-refractivity contribution in [1.29, 1.82) is 0 Å². The summed E-state index contributed by atoms with van der Waals surface area (Å²) in [5.41, 5.74) is 0. The highest BCUT2D eigenvalue weighted by Gasteiger charge is 2.18. The first-order valence-corrected chi connectivity index (χ1v) is 11.4. The van der Waals surface area contributed by atoms with Crippen molar-refractivity contribution in [2.24, 2.45) is 0 Å². The fraction of sp³-hybridized carbons (Fsp3) is 0.875. The largest absolute Gasteiger partial charge is 0.317 e. The molecular weight excluding hydrogens is 234 g/mol. The van der Waals surface area contributed by atoms with Crippen LogP contribution in [-0.4, -0.2) is 21.2 Å². The third-order valence-electron chi connectivity index (χ3n) is 3.42. The number of hydrogen-bond acceptors (Lipinski definition) is 1. The summed E-state index contributed by atoms with van der Waals surface area (Å²) in [6.45, 7) is 14.4. The molecule has 0 amide bonds. The molecule has 0 aromatic heterocycles. The molecule has 0 aliphatic rings. The molecule has 2 heteroatoms. The number of rotatable bonds is 11. The second-order valence-electron chi connectivity index (χ2n) is 6.33. The van der Waals surface area contributed by atoms with Gasteiger partial charge in [-0.25, -0.2) is 0 Å². The van der Waals surface area contributed by atoms with E-state index in [1.54, 1.807) is 5.20 Å². The van der Waals surface area contributed by atoms with Gasteiger partial charge in [0.15, 0.2) is 0 Å². The van der Waals surface area contributed by atoms with Gasteiger partial charge in [0.1, 0.15) is 0 Å². The van der Waals surface area contributed by atoms with Gasteiger partial charge in [0, 0.05) is 0 Å². The second kappa shape index (κ2) is 10.8. The molecule has 0 atom stereocenters. The lowest BCUT2D eigenvalue weighted by atomic mass is 10.2. The molecule has 0 bridgehead atoms. The minimum Gasteiger partial charge on any atom is -0.317 e. The first kappa shape index (κ1) is 17.9. The van der Waals surface area contributed by atoms with Crippen LogP contribution in [0.1, 0.15) is 58.8 Å². The first-order chi connectivity index (χ1) is 8.52. The van der Waals surface area contributed by atoms with Gasteiger partial charge < -0.3 is 5.32 Å². The Morgan fingerprint density at radius 3 is 2.11 bits per heavy atom. The zero-order valence-corrected chi connectivity index (χ0v) is 14.4. The summed E-state index contributed by atoms with van der Waals surface area (Å²) in [6.07, 6.45) is 11.7. The molecular formula is C16H35NSi. The summed E-state index contributed by atoms with van der Waals surface area (Å²) >= 11 is 0. The van der Waals surface area contributed by atoms with E-state index in [0.717, 1.165) is 0 Å². The Morgan fingerprint density at radius 2 is 1.56 bits per heavy atom. The third kappa shape index (κ3) is 9.90. The van der Waals surface area contributed by atoms with Crippen LogP contribution in [0.3, 0.4) is 0 Å². The summed E-state index contributed by atoms with van der Waals surface area (Å²) < 4.78 is 0. The molecule has 0 rings (SSSR count). The molecule has 0 aliphatic carbocycles. The molecule has 0 aromatic rings. The van der Waals surface area contributed by atoms with Crippen LogP contribution in [0.5, 0.6) is 0 Å². The number of unbranched alkanes of at least 4 members (excludes halogenated alkanes) is 3. The molecule has 0 unspecified atom stereocenters. The maximum absolute atomic E-state index is 3.55. The molecule has 108 valence electrons. The van der Waals surface area contributed by atoms with E-state index in [1.807, 2.05) is 0 Å². The summed E-state index contributed by atoms with van der Waals surface area (Å²) in [4.78, 5) is 0. The van der Waals surface area contributed by atoms with Crippen molar-refractivity contribution in [1.82, 2.24) is 5.32 Å². The SMILES string of the molecule is CCCCC=C(CCCNCCCC)[Si](C)(C)C. The van der Waals surface area contributed by atoms with Gasteiger partial charge >= 0.3 is 0 Å². The highest BCUT2D eigenvalue weighted by atomic mass is 28.3. The molecule has 0 radical (unpaired) electrons. The van der Waals surface area contributed by atoms with Gasteiger partial charge in [0.25, 0.3) is 0 Å². The van der Waals surface area contributed by atoms with Crippen molar-refractivity contribution in [2.75, 3.05) is 13.1 Å². The van der Waals surface area contributed by atoms with E-state index in [9.17, 15) is 0 Å². The lowest BCUT2D eigenvalue weighted by Gasteiger charge is -2.21. The maximum atomic E-state index is 3.55. The van der Waals surface area contributed by atoms with E-state index >= 15 is 0 Å². The van der Waals surface area contributed by atoms with Crippen LogP contribution in [0.25, 0.3) is 0 Å². The Balaban J connectivity index is 3.92. The van der Waals surface area contributed by atoms with Crippen molar-refractivity contribution in [3.05, 3.63) is 11.3 Å². The normalized spacial score (nSPS) is 13.1. The Labute approximate surface area is 116 Å². The summed E-state index contributed by atoms with van der Waals surface area (Å²) in [5.74, 6) is 0. The molecule has 0 spiro atoms. The van der Waals surface area contributed by atoms with Crippen LogP contribution in [0.2, 0.25) is 19.6 Å². The lowest BCUT2D eigenvalue weighted by Crippen LogP contribution is -2.25. The van der Waals surface area contributed by atoms with Gasteiger partial charge in [-0.3, -0.25) is 0 Å². The Bertz CT molecular complexity index is 216. The van der Waals surface area contributed by atoms with Crippen LogP contribution in [0, 0.1) is 0 Å². The van der Waals surface area contributed by atoms with Crippen LogP contribution >= 0.6 is 0 Å². The van der Waals surface area contributed by atoms with Crippen LogP contribution < -0.4 is 5.32 Å². The van der Waals surface area contributed by atoms with Crippen LogP contribution in [-0.2, 0) is 0 Å². The summed E-state index contributed by atoms with van der Waals surface area (Å²) in [6, 6.07) is 0. The standard InChI is InChI=1S/C16H35NSi/c1-6-8-10-12-16(18(3,4)5)13-11-15-17-14-9-7-2/h12,17H,6-11,13-15H2,1-5H3. The number of allylic oxidation sites excluding steroid dienone is 2. The fourth-order valence-electron chi connectivity index (χ4n) is 2.09. The average Bonchev–Trinajstić information content (AvgIpc) is 2.30. The van der Waals surface area contributed by atoms with Gasteiger partial charge in [-0.1, -0.05) is 64.0 Å². The molecule has 1 N–H and O–H groups in total. The highest BCUT2D eigenvalue weighted by molar-refractivity contribution is 6.83. The molecule has 0 heterocycles. The van der Waals surface area contributed by atoms with Crippen molar-refractivity contribution in [2.45, 2.75) is 78.4 Å². The summed E-state index contributed by atoms with van der Waals surface area (Å²) in [5, 5.41) is 5.33. The van der Waals surface area contributed by atoms with Crippen molar-refractivity contribution in [3.63, 3.8) is 0 Å². The quantitative estimate of drug-likeness (QED) is 0.404. The maximum Gasteiger partial charge on any atom is 0.0720 e. The zero-order chi connectivity index (χ0) is 13.9. The van der Waals surface area contributed by atoms with Crippen molar-refractivity contribution in [3.8, 4) is 0 Å². The number of hydrogen-bond donors (Lipinski definition) is 1. The van der Waals surface area contributed by atoms with Crippen molar-refractivity contribution < 1.29 is 0 Å². The monoisotopic (exact) mass is 269 g/mol. The predicted octanol–water partition coefficient (Wildman–Crippen LogP) is 5.15. The van der Waals surface area contributed by atoms with E-state index in [4.69, 9.17) is 0 Å². The molecule has 0 aromatic carbocycles. The minimum absolute atomic E-state index is 1.08. The van der Waals surface area contributed by atoms with Gasteiger partial charge in [-0.2, -0.15) is 0 Å². The van der Waals surface area contributed by atoms with Gasteiger partial charge in [0.2, 0.25) is 0 Å². The van der Waals surface area contributed by atoms with E-state index in [-0.39, 0.29) is 0 Å². The third-order valence-corrected chi connectivity index (χ3v) is 5.80. The van der Waals surface area contributed by atoms with Gasteiger partial charge in [-0.05, 0) is 38.8 Å². The second-order valence-corrected chi connectivity index (χ2v) is 11.5. The summed E-state index contributed by atoms with van der Waals surface area (Å²) in [7, 11) is -1.08. The lowest BCUT2D eigenvalue weighted by molar-refractivity contribution is 0.618. The topological polar surface area (TPSA) is 12.0 Å². The predicted molar refractivity (Wildman–Crippen MR) is 88.0 cm³/mol. The van der Waals surface area contributed by atoms with E-state index in [1.165, 1.54) is 58.0 Å². The molecule has 0 saturated carbocycles. The molecule has 0 fully saturated rings. The average molecular weight is 270 g/mol. The molecule has 1 nitrogen and oxygen atoms in total. The van der Waals surface area contributed by atoms with Crippen LogP contribution in [0.4, 0.5) is 0 Å². The molecule has 18 heavy (non-hydrogen) atoms. The zero-order valence-electron chi connectivity index (χ0n) is 13.4. The number of nitrogens with one attached hydrogen (secondary N) is 1. The fourth-order valence-corrected chi connectivity index (χ4v) is 3.78. The Morgan fingerprint density at radius 1 is 0.944 bits per heavy atom. The first-order valence-electron chi connectivity index (χ1n) is 7.92. The van der Waals surface area contributed by atoms with E-state index < -0.39 is 8.07 Å². The molecule has 0 saturated heterocycles. The van der Waals surface area contributed by atoms with E-state index in [0.29, 0.717) is 0 Å². The van der Waals surface area contributed by atoms with Crippen LogP contribution in [0.15, 0.2) is 11.3 Å². The minimum atomic E-state index is -1.08. The Hall–Kier alpha value is -0.0831. The van der Waals surface area contributed by atoms with Gasteiger partial charge in [-0.15, -0.1) is 0 Å². The van der Waals surface area contributed by atoms with Crippen molar-refractivity contribution >= 4 is 8.07 Å². The highest BCUT2D eigenvalue weighted by Crippen LogP contribution is 2.20.